The Morgan fingerprint density at radius 3 is 2.88 bits per heavy atom. The van der Waals surface area contributed by atoms with Gasteiger partial charge in [0, 0.05) is 17.3 Å². The van der Waals surface area contributed by atoms with E-state index in [9.17, 15) is 9.90 Å². The molecular formula is C21H28N2O2. The fourth-order valence-corrected chi connectivity index (χ4v) is 3.76. The van der Waals surface area contributed by atoms with Crippen molar-refractivity contribution < 1.29 is 9.90 Å². The molecule has 4 nitrogen and oxygen atoms in total. The number of carboxylic acid groups (broad SMARTS) is 1. The van der Waals surface area contributed by atoms with Crippen LogP contribution >= 0.6 is 0 Å². The van der Waals surface area contributed by atoms with Gasteiger partial charge in [-0.15, -0.1) is 0 Å². The van der Waals surface area contributed by atoms with Crippen LogP contribution in [0.5, 0.6) is 0 Å². The maximum absolute atomic E-state index is 11.8. The molecule has 2 unspecified atom stereocenters. The summed E-state index contributed by atoms with van der Waals surface area (Å²) in [5.74, 6) is -0.128. The van der Waals surface area contributed by atoms with Gasteiger partial charge in [0.15, 0.2) is 0 Å². The van der Waals surface area contributed by atoms with Gasteiger partial charge in [-0.05, 0) is 73.7 Å². The number of nitrogens with zero attached hydrogens (tertiary/aromatic N) is 1. The number of rotatable bonds is 7. The van der Waals surface area contributed by atoms with E-state index < -0.39 is 5.97 Å². The van der Waals surface area contributed by atoms with Crippen molar-refractivity contribution in [1.82, 2.24) is 10.3 Å². The third kappa shape index (κ3) is 4.37. The number of benzene rings is 1. The zero-order chi connectivity index (χ0) is 17.8. The summed E-state index contributed by atoms with van der Waals surface area (Å²) in [5, 5.41) is 15.3. The number of aromatic nitrogens is 1. The van der Waals surface area contributed by atoms with E-state index >= 15 is 0 Å². The number of hydrogen-bond donors (Lipinski definition) is 2. The molecule has 0 bridgehead atoms. The highest BCUT2D eigenvalue weighted by Gasteiger charge is 2.30. The lowest BCUT2D eigenvalue weighted by Crippen LogP contribution is -2.27. The minimum Gasteiger partial charge on any atom is -0.481 e. The summed E-state index contributed by atoms with van der Waals surface area (Å²) in [4.78, 5) is 16.3. The van der Waals surface area contributed by atoms with Gasteiger partial charge in [0.1, 0.15) is 0 Å². The Labute approximate surface area is 149 Å². The van der Waals surface area contributed by atoms with Crippen molar-refractivity contribution in [3.8, 4) is 0 Å². The molecule has 0 amide bonds. The third-order valence-electron chi connectivity index (χ3n) is 5.31. The highest BCUT2D eigenvalue weighted by molar-refractivity contribution is 5.85. The number of fused-ring (bicyclic) bond motifs is 1. The molecule has 1 aliphatic rings. The first-order chi connectivity index (χ1) is 12.0. The molecule has 4 heteroatoms. The Morgan fingerprint density at radius 1 is 1.36 bits per heavy atom. The van der Waals surface area contributed by atoms with Crippen LogP contribution in [-0.2, 0) is 17.6 Å². The van der Waals surface area contributed by atoms with E-state index in [1.54, 1.807) is 0 Å². The molecule has 1 aliphatic heterocycles. The zero-order valence-electron chi connectivity index (χ0n) is 15.2. The van der Waals surface area contributed by atoms with Crippen molar-refractivity contribution in [3.05, 3.63) is 41.7 Å². The first-order valence-corrected chi connectivity index (χ1v) is 9.34. The topological polar surface area (TPSA) is 62.2 Å². The lowest BCUT2D eigenvalue weighted by Gasteiger charge is -2.19. The Morgan fingerprint density at radius 2 is 2.20 bits per heavy atom. The molecule has 1 saturated heterocycles. The molecule has 1 aromatic carbocycles. The van der Waals surface area contributed by atoms with Crippen LogP contribution in [0.1, 0.15) is 37.9 Å². The van der Waals surface area contributed by atoms with Gasteiger partial charge < -0.3 is 10.4 Å². The van der Waals surface area contributed by atoms with Gasteiger partial charge in [0.25, 0.3) is 0 Å². The second-order valence-corrected chi connectivity index (χ2v) is 7.65. The van der Waals surface area contributed by atoms with Crippen LogP contribution in [0.25, 0.3) is 10.8 Å². The van der Waals surface area contributed by atoms with Crippen LogP contribution < -0.4 is 5.32 Å². The molecule has 3 rings (SSSR count). The Balaban J connectivity index is 1.86. The number of hydrogen-bond acceptors (Lipinski definition) is 3. The summed E-state index contributed by atoms with van der Waals surface area (Å²) in [5.41, 5.74) is 2.23. The van der Waals surface area contributed by atoms with E-state index in [4.69, 9.17) is 0 Å². The minimum atomic E-state index is -0.681. The van der Waals surface area contributed by atoms with Crippen LogP contribution in [0.3, 0.4) is 0 Å². The van der Waals surface area contributed by atoms with E-state index in [0.717, 1.165) is 43.6 Å². The average molecular weight is 340 g/mol. The van der Waals surface area contributed by atoms with Gasteiger partial charge in [-0.3, -0.25) is 9.78 Å². The SMILES string of the molecule is CC(C)CCc1nccc2ccc(CC(C(=O)O)C3CCNC3)cc12. The summed E-state index contributed by atoms with van der Waals surface area (Å²) < 4.78 is 0. The number of pyridine rings is 1. The molecule has 2 atom stereocenters. The minimum absolute atomic E-state index is 0.225. The van der Waals surface area contributed by atoms with Gasteiger partial charge in [-0.1, -0.05) is 26.0 Å². The Hall–Kier alpha value is -1.94. The number of carboxylic acids is 1. The second-order valence-electron chi connectivity index (χ2n) is 7.65. The van der Waals surface area contributed by atoms with Crippen LogP contribution in [-0.4, -0.2) is 29.1 Å². The van der Waals surface area contributed by atoms with Gasteiger partial charge in [0.2, 0.25) is 0 Å². The highest BCUT2D eigenvalue weighted by atomic mass is 16.4. The summed E-state index contributed by atoms with van der Waals surface area (Å²) in [6, 6.07) is 8.38. The van der Waals surface area contributed by atoms with E-state index in [0.29, 0.717) is 12.3 Å². The smallest absolute Gasteiger partial charge is 0.307 e. The number of aliphatic carboxylic acids is 1. The van der Waals surface area contributed by atoms with Crippen molar-refractivity contribution in [2.24, 2.45) is 17.8 Å². The van der Waals surface area contributed by atoms with Gasteiger partial charge in [-0.25, -0.2) is 0 Å². The molecule has 0 aliphatic carbocycles. The zero-order valence-corrected chi connectivity index (χ0v) is 15.2. The first-order valence-electron chi connectivity index (χ1n) is 9.34. The fourth-order valence-electron chi connectivity index (χ4n) is 3.76. The number of aryl methyl sites for hydroxylation is 1. The molecule has 2 N–H and O–H groups in total. The normalized spacial score (nSPS) is 18.8. The Bertz CT molecular complexity index is 736. The highest BCUT2D eigenvalue weighted by Crippen LogP contribution is 2.26. The van der Waals surface area contributed by atoms with E-state index in [1.165, 1.54) is 10.8 Å². The summed E-state index contributed by atoms with van der Waals surface area (Å²) >= 11 is 0. The average Bonchev–Trinajstić information content (AvgIpc) is 3.11. The van der Waals surface area contributed by atoms with Crippen molar-refractivity contribution in [2.45, 2.75) is 39.5 Å². The predicted octanol–water partition coefficient (Wildman–Crippen LogP) is 3.68. The van der Waals surface area contributed by atoms with Crippen molar-refractivity contribution >= 4 is 16.7 Å². The summed E-state index contributed by atoms with van der Waals surface area (Å²) in [6.45, 7) is 6.19. The third-order valence-corrected chi connectivity index (χ3v) is 5.31. The second kappa shape index (κ2) is 7.96. The number of nitrogens with one attached hydrogen (secondary N) is 1. The van der Waals surface area contributed by atoms with Crippen LogP contribution in [0.15, 0.2) is 30.5 Å². The largest absolute Gasteiger partial charge is 0.481 e. The molecule has 1 aromatic heterocycles. The monoisotopic (exact) mass is 340 g/mol. The van der Waals surface area contributed by atoms with Crippen molar-refractivity contribution in [1.29, 1.82) is 0 Å². The maximum atomic E-state index is 11.8. The van der Waals surface area contributed by atoms with Crippen LogP contribution in [0.2, 0.25) is 0 Å². The summed E-state index contributed by atoms with van der Waals surface area (Å²) in [6.07, 6.45) is 5.50. The van der Waals surface area contributed by atoms with Gasteiger partial charge in [0.05, 0.1) is 5.92 Å². The fraction of sp³-hybridized carbons (Fsp3) is 0.524. The number of carbonyl (C=O) groups is 1. The molecule has 1 fully saturated rings. The molecule has 0 spiro atoms. The van der Waals surface area contributed by atoms with E-state index in [1.807, 2.05) is 12.3 Å². The van der Waals surface area contributed by atoms with Crippen molar-refractivity contribution in [3.63, 3.8) is 0 Å². The van der Waals surface area contributed by atoms with E-state index in [2.05, 4.69) is 42.3 Å². The molecule has 25 heavy (non-hydrogen) atoms. The van der Waals surface area contributed by atoms with Crippen LogP contribution in [0, 0.1) is 17.8 Å². The molecule has 2 aromatic rings. The molecule has 0 radical (unpaired) electrons. The Kier molecular flexibility index (Phi) is 5.69. The molecule has 0 saturated carbocycles. The maximum Gasteiger partial charge on any atom is 0.307 e. The van der Waals surface area contributed by atoms with Crippen molar-refractivity contribution in [2.75, 3.05) is 13.1 Å². The molecular weight excluding hydrogens is 312 g/mol. The molecule has 2 heterocycles. The van der Waals surface area contributed by atoms with E-state index in [-0.39, 0.29) is 11.8 Å². The molecule has 134 valence electrons. The van der Waals surface area contributed by atoms with Crippen LogP contribution in [0.4, 0.5) is 0 Å². The summed E-state index contributed by atoms with van der Waals surface area (Å²) in [7, 11) is 0. The van der Waals surface area contributed by atoms with Gasteiger partial charge in [-0.2, -0.15) is 0 Å². The first kappa shape index (κ1) is 17.9. The lowest BCUT2D eigenvalue weighted by molar-refractivity contribution is -0.143. The quantitative estimate of drug-likeness (QED) is 0.807. The van der Waals surface area contributed by atoms with Gasteiger partial charge >= 0.3 is 5.97 Å². The lowest BCUT2D eigenvalue weighted by atomic mass is 9.85. The standard InChI is InChI=1S/C21H28N2O2/c1-14(2)3-6-20-18-11-15(4-5-16(18)8-10-23-20)12-19(21(24)25)17-7-9-22-13-17/h4-5,8,10-11,14,17,19,22H,3,6-7,9,12-13H2,1-2H3,(H,24,25). The predicted molar refractivity (Wildman–Crippen MR) is 101 cm³/mol.